The molecule has 1 saturated heterocycles. The molecule has 3 rings (SSSR count). The van der Waals surface area contributed by atoms with E-state index < -0.39 is 0 Å². The maximum absolute atomic E-state index is 6.14. The first-order chi connectivity index (χ1) is 9.19. The smallest absolute Gasteiger partial charge is 0.114 e. The van der Waals surface area contributed by atoms with Crippen LogP contribution in [0.1, 0.15) is 30.5 Å². The summed E-state index contributed by atoms with van der Waals surface area (Å²) in [6, 6.07) is 21.3. The van der Waals surface area contributed by atoms with E-state index >= 15 is 0 Å². The molecule has 0 amide bonds. The third-order valence-corrected chi connectivity index (χ3v) is 3.94. The van der Waals surface area contributed by atoms with Crippen LogP contribution in [0.15, 0.2) is 60.7 Å². The maximum Gasteiger partial charge on any atom is 0.114 e. The molecule has 1 heterocycles. The predicted octanol–water partition coefficient (Wildman–Crippen LogP) is 3.91. The van der Waals surface area contributed by atoms with Gasteiger partial charge in [-0.05, 0) is 18.1 Å². The van der Waals surface area contributed by atoms with Crippen molar-refractivity contribution in [3.05, 3.63) is 71.8 Å². The topological polar surface area (TPSA) is 12.5 Å². The van der Waals surface area contributed by atoms with E-state index in [1.54, 1.807) is 0 Å². The lowest BCUT2D eigenvalue weighted by atomic mass is 9.88. The van der Waals surface area contributed by atoms with Crippen molar-refractivity contribution < 1.29 is 4.84 Å². The van der Waals surface area contributed by atoms with Gasteiger partial charge in [-0.3, -0.25) is 4.84 Å². The molecule has 0 bridgehead atoms. The van der Waals surface area contributed by atoms with Crippen LogP contribution in [0, 0.1) is 0 Å². The number of hydrogen-bond donors (Lipinski definition) is 0. The molecule has 2 aromatic rings. The van der Waals surface area contributed by atoms with Gasteiger partial charge in [-0.15, -0.1) is 0 Å². The highest BCUT2D eigenvalue weighted by Gasteiger charge is 2.42. The van der Waals surface area contributed by atoms with Gasteiger partial charge in [0, 0.05) is 13.5 Å². The minimum atomic E-state index is -0.240. The highest BCUT2D eigenvalue weighted by molar-refractivity contribution is 5.26. The molecule has 0 N–H and O–H groups in total. The van der Waals surface area contributed by atoms with Crippen molar-refractivity contribution in [2.75, 3.05) is 7.05 Å². The number of hydrogen-bond acceptors (Lipinski definition) is 2. The SMILES string of the molecule is CN1O[C@@](C)(c2ccccc2)C[C@@H]1c1ccccc1. The number of benzene rings is 2. The van der Waals surface area contributed by atoms with Gasteiger partial charge >= 0.3 is 0 Å². The minimum absolute atomic E-state index is 0.240. The zero-order chi connectivity index (χ0) is 13.3. The average molecular weight is 253 g/mol. The maximum atomic E-state index is 6.14. The van der Waals surface area contributed by atoms with Gasteiger partial charge in [-0.2, -0.15) is 5.06 Å². The van der Waals surface area contributed by atoms with Crippen LogP contribution in [-0.4, -0.2) is 12.1 Å². The van der Waals surface area contributed by atoms with E-state index in [1.807, 2.05) is 18.2 Å². The van der Waals surface area contributed by atoms with Crippen molar-refractivity contribution >= 4 is 0 Å². The minimum Gasteiger partial charge on any atom is -0.288 e. The fourth-order valence-electron chi connectivity index (χ4n) is 2.88. The summed E-state index contributed by atoms with van der Waals surface area (Å²) in [5.74, 6) is 0. The summed E-state index contributed by atoms with van der Waals surface area (Å²) in [6.07, 6.45) is 0.970. The molecule has 0 unspecified atom stereocenters. The molecule has 0 radical (unpaired) electrons. The summed E-state index contributed by atoms with van der Waals surface area (Å²) < 4.78 is 0. The van der Waals surface area contributed by atoms with Crippen LogP contribution in [0.3, 0.4) is 0 Å². The Labute approximate surface area is 114 Å². The Hall–Kier alpha value is -1.64. The van der Waals surface area contributed by atoms with Crippen molar-refractivity contribution in [3.63, 3.8) is 0 Å². The molecule has 1 aliphatic rings. The zero-order valence-corrected chi connectivity index (χ0v) is 11.4. The van der Waals surface area contributed by atoms with Gasteiger partial charge < -0.3 is 0 Å². The molecule has 0 spiro atoms. The molecule has 1 fully saturated rings. The number of rotatable bonds is 2. The van der Waals surface area contributed by atoms with Crippen LogP contribution in [0.2, 0.25) is 0 Å². The fourth-order valence-corrected chi connectivity index (χ4v) is 2.88. The summed E-state index contributed by atoms with van der Waals surface area (Å²) in [4.78, 5) is 6.14. The van der Waals surface area contributed by atoms with Crippen LogP contribution < -0.4 is 0 Å². The summed E-state index contributed by atoms with van der Waals surface area (Å²) >= 11 is 0. The van der Waals surface area contributed by atoms with E-state index in [2.05, 4.69) is 61.5 Å². The zero-order valence-electron chi connectivity index (χ0n) is 11.4. The third kappa shape index (κ3) is 2.29. The van der Waals surface area contributed by atoms with Crippen molar-refractivity contribution in [1.82, 2.24) is 5.06 Å². The van der Waals surface area contributed by atoms with E-state index in [0.29, 0.717) is 6.04 Å². The normalized spacial score (nSPS) is 27.6. The first kappa shape index (κ1) is 12.4. The standard InChI is InChI=1S/C17H19NO/c1-17(15-11-7-4-8-12-15)13-16(18(2)19-17)14-9-5-3-6-10-14/h3-12,16H,13H2,1-2H3/t16-,17-/m1/s1. The van der Waals surface area contributed by atoms with Crippen LogP contribution >= 0.6 is 0 Å². The molecular formula is C17H19NO. The van der Waals surface area contributed by atoms with Gasteiger partial charge in [0.25, 0.3) is 0 Å². The van der Waals surface area contributed by atoms with E-state index in [0.717, 1.165) is 6.42 Å². The van der Waals surface area contributed by atoms with Gasteiger partial charge in [0.1, 0.15) is 5.60 Å². The summed E-state index contributed by atoms with van der Waals surface area (Å²) in [5.41, 5.74) is 2.31. The van der Waals surface area contributed by atoms with Gasteiger partial charge in [0.05, 0.1) is 6.04 Å². The molecule has 2 aromatic carbocycles. The largest absolute Gasteiger partial charge is 0.288 e. The summed E-state index contributed by atoms with van der Waals surface area (Å²) in [7, 11) is 2.02. The summed E-state index contributed by atoms with van der Waals surface area (Å²) in [5, 5.41) is 1.99. The highest BCUT2D eigenvalue weighted by Crippen LogP contribution is 2.44. The van der Waals surface area contributed by atoms with Crippen LogP contribution in [0.4, 0.5) is 0 Å². The Morgan fingerprint density at radius 3 is 2.21 bits per heavy atom. The first-order valence-electron chi connectivity index (χ1n) is 6.71. The Morgan fingerprint density at radius 2 is 1.58 bits per heavy atom. The predicted molar refractivity (Wildman–Crippen MR) is 76.4 cm³/mol. The van der Waals surface area contributed by atoms with Gasteiger partial charge in [-0.25, -0.2) is 0 Å². The monoisotopic (exact) mass is 253 g/mol. The second-order valence-electron chi connectivity index (χ2n) is 5.36. The Kier molecular flexibility index (Phi) is 3.13. The Bertz CT molecular complexity index is 540. The third-order valence-electron chi connectivity index (χ3n) is 3.94. The van der Waals surface area contributed by atoms with E-state index in [-0.39, 0.29) is 5.60 Å². The molecule has 2 heteroatoms. The molecule has 0 saturated carbocycles. The molecule has 1 aliphatic heterocycles. The first-order valence-corrected chi connectivity index (χ1v) is 6.71. The second-order valence-corrected chi connectivity index (χ2v) is 5.36. The highest BCUT2D eigenvalue weighted by atomic mass is 16.7. The van der Waals surface area contributed by atoms with Gasteiger partial charge in [0.15, 0.2) is 0 Å². The lowest BCUT2D eigenvalue weighted by molar-refractivity contribution is -0.188. The van der Waals surface area contributed by atoms with Crippen molar-refractivity contribution in [1.29, 1.82) is 0 Å². The van der Waals surface area contributed by atoms with Crippen LogP contribution in [-0.2, 0) is 10.4 Å². The molecular weight excluding hydrogens is 234 g/mol. The molecule has 0 aromatic heterocycles. The summed E-state index contributed by atoms with van der Waals surface area (Å²) in [6.45, 7) is 2.17. The quantitative estimate of drug-likeness (QED) is 0.804. The Balaban J connectivity index is 1.90. The average Bonchev–Trinajstić information content (AvgIpc) is 2.77. The molecule has 19 heavy (non-hydrogen) atoms. The van der Waals surface area contributed by atoms with E-state index in [4.69, 9.17) is 4.84 Å². The van der Waals surface area contributed by atoms with Crippen molar-refractivity contribution in [3.8, 4) is 0 Å². The van der Waals surface area contributed by atoms with Crippen LogP contribution in [0.5, 0.6) is 0 Å². The Morgan fingerprint density at radius 1 is 1.00 bits per heavy atom. The van der Waals surface area contributed by atoms with E-state index in [9.17, 15) is 0 Å². The molecule has 2 nitrogen and oxygen atoms in total. The second kappa shape index (κ2) is 4.80. The number of hydroxylamine groups is 2. The van der Waals surface area contributed by atoms with Gasteiger partial charge in [-0.1, -0.05) is 60.7 Å². The molecule has 0 aliphatic carbocycles. The molecule has 2 atom stereocenters. The lowest BCUT2D eigenvalue weighted by Crippen LogP contribution is -2.23. The fraction of sp³-hybridized carbons (Fsp3) is 0.294. The van der Waals surface area contributed by atoms with Crippen molar-refractivity contribution in [2.45, 2.75) is 25.0 Å². The number of nitrogens with zero attached hydrogens (tertiary/aromatic N) is 1. The lowest BCUT2D eigenvalue weighted by Gasteiger charge is -2.23. The van der Waals surface area contributed by atoms with Crippen LogP contribution in [0.25, 0.3) is 0 Å². The van der Waals surface area contributed by atoms with Crippen molar-refractivity contribution in [2.24, 2.45) is 0 Å². The molecule has 98 valence electrons. The van der Waals surface area contributed by atoms with Gasteiger partial charge in [0.2, 0.25) is 0 Å². The van der Waals surface area contributed by atoms with E-state index in [1.165, 1.54) is 11.1 Å².